The summed E-state index contributed by atoms with van der Waals surface area (Å²) in [7, 11) is 0. The number of benzene rings is 1. The largest absolute Gasteiger partial charge is 0.503 e. The molecule has 1 amide bonds. The number of aliphatic hydroxyl groups excluding tert-OH is 1. The summed E-state index contributed by atoms with van der Waals surface area (Å²) >= 11 is 0. The van der Waals surface area contributed by atoms with Crippen LogP contribution in [0.15, 0.2) is 76.9 Å². The van der Waals surface area contributed by atoms with Crippen molar-refractivity contribution in [3.05, 3.63) is 89.3 Å². The standard InChI is InChI=1S/C26H26N2O6/c1-3-12-33-19-10-9-18(14-21(19)32-4-2)23-22(24(29)20-8-6-13-34-20)25(30)26(31)28(23)16-17-7-5-11-27-15-17/h5-11,13-15,23,30H,3-4,12,16H2,1-2H3. The SMILES string of the molecule is CCCOc1ccc(C2C(C(=O)c3ccco3)=C(O)C(=O)N2Cc2cccnc2)cc1OCC. The van der Waals surface area contributed by atoms with Crippen LogP contribution in [0, 0.1) is 0 Å². The van der Waals surface area contributed by atoms with Crippen molar-refractivity contribution in [1.82, 2.24) is 9.88 Å². The maximum absolute atomic E-state index is 13.3. The number of Topliss-reactive ketones (excluding diaryl/α,β-unsaturated/α-hetero) is 1. The Morgan fingerprint density at radius 1 is 1.15 bits per heavy atom. The lowest BCUT2D eigenvalue weighted by Crippen LogP contribution is -2.30. The van der Waals surface area contributed by atoms with Crippen LogP contribution >= 0.6 is 0 Å². The van der Waals surface area contributed by atoms with Crippen LogP contribution in [0.25, 0.3) is 0 Å². The van der Waals surface area contributed by atoms with Crippen molar-refractivity contribution < 1.29 is 28.6 Å². The fraction of sp³-hybridized carbons (Fsp3) is 0.269. The smallest absolute Gasteiger partial charge is 0.290 e. The molecule has 176 valence electrons. The average molecular weight is 463 g/mol. The predicted molar refractivity (Wildman–Crippen MR) is 124 cm³/mol. The van der Waals surface area contributed by atoms with Crippen LogP contribution in [0.1, 0.15) is 48.0 Å². The molecule has 1 N–H and O–H groups in total. The molecule has 1 atom stereocenters. The van der Waals surface area contributed by atoms with E-state index in [4.69, 9.17) is 13.9 Å². The van der Waals surface area contributed by atoms with Crippen LogP contribution < -0.4 is 9.47 Å². The van der Waals surface area contributed by atoms with Crippen LogP contribution in [-0.2, 0) is 11.3 Å². The summed E-state index contributed by atoms with van der Waals surface area (Å²) < 4.78 is 16.9. The van der Waals surface area contributed by atoms with Gasteiger partial charge in [0.2, 0.25) is 5.78 Å². The second-order valence-electron chi connectivity index (χ2n) is 7.75. The monoisotopic (exact) mass is 462 g/mol. The average Bonchev–Trinajstić information content (AvgIpc) is 3.47. The van der Waals surface area contributed by atoms with E-state index < -0.39 is 23.5 Å². The van der Waals surface area contributed by atoms with Gasteiger partial charge in [0.15, 0.2) is 23.0 Å². The number of aromatic nitrogens is 1. The quantitative estimate of drug-likeness (QED) is 0.438. The fourth-order valence-electron chi connectivity index (χ4n) is 3.92. The molecule has 8 nitrogen and oxygen atoms in total. The number of aliphatic hydroxyl groups is 1. The third-order valence-electron chi connectivity index (χ3n) is 5.41. The van der Waals surface area contributed by atoms with Gasteiger partial charge in [0, 0.05) is 18.9 Å². The first-order valence-corrected chi connectivity index (χ1v) is 11.2. The first-order chi connectivity index (χ1) is 16.5. The third kappa shape index (κ3) is 4.52. The summed E-state index contributed by atoms with van der Waals surface area (Å²) in [5.41, 5.74) is 1.31. The first-order valence-electron chi connectivity index (χ1n) is 11.2. The molecule has 0 spiro atoms. The van der Waals surface area contributed by atoms with Gasteiger partial charge in [-0.2, -0.15) is 0 Å². The number of rotatable bonds is 10. The molecule has 3 aromatic rings. The number of pyridine rings is 1. The van der Waals surface area contributed by atoms with E-state index in [0.29, 0.717) is 30.3 Å². The summed E-state index contributed by atoms with van der Waals surface area (Å²) in [6.45, 7) is 4.96. The molecule has 1 aliphatic rings. The highest BCUT2D eigenvalue weighted by Gasteiger charge is 2.44. The number of hydrogen-bond donors (Lipinski definition) is 1. The van der Waals surface area contributed by atoms with Crippen LogP contribution in [0.4, 0.5) is 0 Å². The Balaban J connectivity index is 1.80. The van der Waals surface area contributed by atoms with E-state index in [2.05, 4.69) is 4.98 Å². The van der Waals surface area contributed by atoms with Gasteiger partial charge in [-0.3, -0.25) is 14.6 Å². The molecule has 8 heteroatoms. The molecule has 1 aromatic carbocycles. The molecular weight excluding hydrogens is 436 g/mol. The molecule has 0 radical (unpaired) electrons. The van der Waals surface area contributed by atoms with Crippen molar-refractivity contribution in [2.75, 3.05) is 13.2 Å². The molecule has 0 aliphatic carbocycles. The number of ketones is 1. The van der Waals surface area contributed by atoms with Gasteiger partial charge in [-0.15, -0.1) is 0 Å². The Labute approximate surface area is 197 Å². The highest BCUT2D eigenvalue weighted by atomic mass is 16.5. The number of hydrogen-bond acceptors (Lipinski definition) is 7. The van der Waals surface area contributed by atoms with Crippen LogP contribution in [0.5, 0.6) is 11.5 Å². The van der Waals surface area contributed by atoms with Gasteiger partial charge in [0.05, 0.1) is 31.1 Å². The van der Waals surface area contributed by atoms with Crippen LogP contribution in [-0.4, -0.2) is 39.9 Å². The summed E-state index contributed by atoms with van der Waals surface area (Å²) in [4.78, 5) is 32.0. The van der Waals surface area contributed by atoms with Gasteiger partial charge in [0.25, 0.3) is 5.91 Å². The molecule has 4 rings (SSSR count). The predicted octanol–water partition coefficient (Wildman–Crippen LogP) is 4.64. The highest BCUT2D eigenvalue weighted by molar-refractivity contribution is 6.15. The molecule has 3 heterocycles. The van der Waals surface area contributed by atoms with Gasteiger partial charge in [-0.25, -0.2) is 0 Å². The van der Waals surface area contributed by atoms with E-state index in [-0.39, 0.29) is 17.9 Å². The molecule has 0 bridgehead atoms. The van der Waals surface area contributed by atoms with Gasteiger partial charge >= 0.3 is 0 Å². The van der Waals surface area contributed by atoms with E-state index in [0.717, 1.165) is 12.0 Å². The zero-order valence-corrected chi connectivity index (χ0v) is 19.1. The Kier molecular flexibility index (Phi) is 6.96. The minimum atomic E-state index is -0.857. The van der Waals surface area contributed by atoms with Crippen molar-refractivity contribution in [2.45, 2.75) is 32.9 Å². The molecule has 1 aliphatic heterocycles. The van der Waals surface area contributed by atoms with E-state index in [1.807, 2.05) is 19.9 Å². The molecular formula is C26H26N2O6. The summed E-state index contributed by atoms with van der Waals surface area (Å²) in [6.07, 6.45) is 5.48. The second-order valence-corrected chi connectivity index (χ2v) is 7.75. The maximum atomic E-state index is 13.3. The summed E-state index contributed by atoms with van der Waals surface area (Å²) in [5.74, 6) is -0.692. The van der Waals surface area contributed by atoms with E-state index >= 15 is 0 Å². The third-order valence-corrected chi connectivity index (χ3v) is 5.41. The zero-order valence-electron chi connectivity index (χ0n) is 19.1. The van der Waals surface area contributed by atoms with Gasteiger partial charge in [0.1, 0.15) is 0 Å². The lowest BCUT2D eigenvalue weighted by Gasteiger charge is -2.27. The van der Waals surface area contributed by atoms with Crippen molar-refractivity contribution >= 4 is 11.7 Å². The molecule has 0 saturated carbocycles. The molecule has 2 aromatic heterocycles. The van der Waals surface area contributed by atoms with E-state index in [9.17, 15) is 14.7 Å². The molecule has 34 heavy (non-hydrogen) atoms. The lowest BCUT2D eigenvalue weighted by molar-refractivity contribution is -0.130. The van der Waals surface area contributed by atoms with Crippen molar-refractivity contribution in [3.8, 4) is 11.5 Å². The van der Waals surface area contributed by atoms with Gasteiger partial charge in [-0.05, 0) is 54.8 Å². The minimum absolute atomic E-state index is 0.0375. The number of ether oxygens (including phenoxy) is 2. The second kappa shape index (κ2) is 10.2. The number of carbonyl (C=O) groups excluding carboxylic acids is 2. The summed E-state index contributed by atoms with van der Waals surface area (Å²) in [5, 5.41) is 10.8. The number of furan rings is 1. The Morgan fingerprint density at radius 2 is 2.00 bits per heavy atom. The Morgan fingerprint density at radius 3 is 2.68 bits per heavy atom. The number of carbonyl (C=O) groups is 2. The summed E-state index contributed by atoms with van der Waals surface area (Å²) in [6, 6.07) is 11.1. The first kappa shape index (κ1) is 23.1. The Hall–Kier alpha value is -4.07. The topological polar surface area (TPSA) is 102 Å². The normalized spacial score (nSPS) is 15.6. The van der Waals surface area contributed by atoms with E-state index in [1.165, 1.54) is 17.2 Å². The molecule has 0 fully saturated rings. The van der Waals surface area contributed by atoms with Crippen molar-refractivity contribution in [2.24, 2.45) is 0 Å². The Bertz CT molecular complexity index is 1190. The zero-order chi connectivity index (χ0) is 24.1. The number of nitrogens with zero attached hydrogens (tertiary/aromatic N) is 2. The minimum Gasteiger partial charge on any atom is -0.503 e. The van der Waals surface area contributed by atoms with Gasteiger partial charge in [-0.1, -0.05) is 19.1 Å². The maximum Gasteiger partial charge on any atom is 0.290 e. The fourth-order valence-corrected chi connectivity index (χ4v) is 3.92. The van der Waals surface area contributed by atoms with Crippen molar-refractivity contribution in [3.63, 3.8) is 0 Å². The van der Waals surface area contributed by atoms with Crippen LogP contribution in [0.3, 0.4) is 0 Å². The number of amides is 1. The van der Waals surface area contributed by atoms with Crippen molar-refractivity contribution in [1.29, 1.82) is 0 Å². The lowest BCUT2D eigenvalue weighted by atomic mass is 9.94. The molecule has 1 unspecified atom stereocenters. The van der Waals surface area contributed by atoms with E-state index in [1.54, 1.807) is 42.7 Å². The highest BCUT2D eigenvalue weighted by Crippen LogP contribution is 2.42. The molecule has 0 saturated heterocycles. The van der Waals surface area contributed by atoms with Crippen LogP contribution in [0.2, 0.25) is 0 Å². The van der Waals surface area contributed by atoms with Gasteiger partial charge < -0.3 is 23.9 Å².